The predicted molar refractivity (Wildman–Crippen MR) is 70.4 cm³/mol. The minimum Gasteiger partial charge on any atom is -0.481 e. The van der Waals surface area contributed by atoms with Crippen LogP contribution in [0.2, 0.25) is 0 Å². The Balaban J connectivity index is 2.21. The summed E-state index contributed by atoms with van der Waals surface area (Å²) in [6, 6.07) is 5.79. The molecule has 1 aliphatic rings. The van der Waals surface area contributed by atoms with Crippen LogP contribution in [0.5, 0.6) is 0 Å². The van der Waals surface area contributed by atoms with E-state index in [0.29, 0.717) is 6.54 Å². The zero-order valence-corrected chi connectivity index (χ0v) is 11.0. The van der Waals surface area contributed by atoms with Gasteiger partial charge >= 0.3 is 12.1 Å². The van der Waals surface area contributed by atoms with Crippen LogP contribution in [0.3, 0.4) is 0 Å². The number of rotatable bonds is 3. The lowest BCUT2D eigenvalue weighted by molar-refractivity contribution is -0.138. The molecule has 1 aromatic carbocycles. The number of aliphatic carboxylic acids is 1. The smallest absolute Gasteiger partial charge is 0.414 e. The van der Waals surface area contributed by atoms with Gasteiger partial charge in [-0.05, 0) is 25.5 Å². The summed E-state index contributed by atoms with van der Waals surface area (Å²) in [5.74, 6) is -1.04. The van der Waals surface area contributed by atoms with E-state index >= 15 is 0 Å². The minimum atomic E-state index is -0.872. The average molecular weight is 263 g/mol. The Morgan fingerprint density at radius 1 is 1.47 bits per heavy atom. The van der Waals surface area contributed by atoms with E-state index in [-0.39, 0.29) is 18.9 Å². The Hall–Kier alpha value is -2.04. The van der Waals surface area contributed by atoms with Crippen molar-refractivity contribution in [1.29, 1.82) is 0 Å². The van der Waals surface area contributed by atoms with E-state index in [1.165, 1.54) is 4.90 Å². The molecular weight excluding hydrogens is 246 g/mol. The Morgan fingerprint density at radius 3 is 2.84 bits per heavy atom. The van der Waals surface area contributed by atoms with Crippen molar-refractivity contribution in [1.82, 2.24) is 0 Å². The number of carboxylic acids is 1. The molecule has 5 nitrogen and oxygen atoms in total. The van der Waals surface area contributed by atoms with E-state index in [4.69, 9.17) is 9.84 Å². The summed E-state index contributed by atoms with van der Waals surface area (Å²) in [5.41, 5.74) is 2.88. The van der Waals surface area contributed by atoms with Crippen molar-refractivity contribution >= 4 is 17.7 Å². The first kappa shape index (κ1) is 13.4. The van der Waals surface area contributed by atoms with Crippen LogP contribution in [0.4, 0.5) is 10.5 Å². The summed E-state index contributed by atoms with van der Waals surface area (Å²) < 4.78 is 5.07. The molecule has 1 N–H and O–H groups in total. The van der Waals surface area contributed by atoms with E-state index in [1.54, 1.807) is 0 Å². The first-order valence-electron chi connectivity index (χ1n) is 6.20. The van der Waals surface area contributed by atoms with Gasteiger partial charge in [0.05, 0.1) is 13.0 Å². The standard InChI is InChI=1S/C14H17NO4/c1-9-3-4-12(10(2)5-9)15-7-11(6-13(16)17)8-19-14(15)18/h3-5,11H,6-8H2,1-2H3,(H,16,17). The van der Waals surface area contributed by atoms with Crippen molar-refractivity contribution in [3.63, 3.8) is 0 Å². The van der Waals surface area contributed by atoms with E-state index in [9.17, 15) is 9.59 Å². The second-order valence-corrected chi connectivity index (χ2v) is 4.94. The predicted octanol–water partition coefficient (Wildman–Crippen LogP) is 2.35. The highest BCUT2D eigenvalue weighted by atomic mass is 16.6. The monoisotopic (exact) mass is 263 g/mol. The van der Waals surface area contributed by atoms with E-state index in [2.05, 4.69) is 0 Å². The fraction of sp³-hybridized carbons (Fsp3) is 0.429. The highest BCUT2D eigenvalue weighted by Crippen LogP contribution is 2.26. The van der Waals surface area contributed by atoms with Crippen molar-refractivity contribution < 1.29 is 19.4 Å². The number of cyclic esters (lactones) is 1. The number of anilines is 1. The lowest BCUT2D eigenvalue weighted by atomic mass is 10.0. The molecule has 5 heteroatoms. The Labute approximate surface area is 111 Å². The fourth-order valence-corrected chi connectivity index (χ4v) is 2.33. The van der Waals surface area contributed by atoms with Crippen molar-refractivity contribution in [2.24, 2.45) is 5.92 Å². The third kappa shape index (κ3) is 3.05. The van der Waals surface area contributed by atoms with Gasteiger partial charge < -0.3 is 9.84 Å². The highest BCUT2D eigenvalue weighted by molar-refractivity contribution is 5.89. The quantitative estimate of drug-likeness (QED) is 0.909. The summed E-state index contributed by atoms with van der Waals surface area (Å²) in [4.78, 5) is 24.1. The zero-order valence-electron chi connectivity index (χ0n) is 11.0. The van der Waals surface area contributed by atoms with E-state index in [0.717, 1.165) is 16.8 Å². The fourth-order valence-electron chi connectivity index (χ4n) is 2.33. The third-order valence-corrected chi connectivity index (χ3v) is 3.21. The second-order valence-electron chi connectivity index (χ2n) is 4.94. The molecule has 1 amide bonds. The molecule has 1 saturated heterocycles. The lowest BCUT2D eigenvalue weighted by Gasteiger charge is -2.32. The van der Waals surface area contributed by atoms with Crippen molar-refractivity contribution in [3.8, 4) is 0 Å². The van der Waals surface area contributed by atoms with Crippen LogP contribution in [0.15, 0.2) is 18.2 Å². The SMILES string of the molecule is Cc1ccc(N2CC(CC(=O)O)COC2=O)c(C)c1. The van der Waals surface area contributed by atoms with Gasteiger partial charge in [-0.3, -0.25) is 9.69 Å². The van der Waals surface area contributed by atoms with Crippen LogP contribution < -0.4 is 4.90 Å². The van der Waals surface area contributed by atoms with Gasteiger partial charge in [0.25, 0.3) is 0 Å². The van der Waals surface area contributed by atoms with Gasteiger partial charge in [-0.15, -0.1) is 0 Å². The Kier molecular flexibility index (Phi) is 3.74. The van der Waals surface area contributed by atoms with Crippen molar-refractivity contribution in [2.75, 3.05) is 18.1 Å². The van der Waals surface area contributed by atoms with Gasteiger partial charge in [0.1, 0.15) is 0 Å². The Morgan fingerprint density at radius 2 is 2.21 bits per heavy atom. The van der Waals surface area contributed by atoms with Crippen LogP contribution in [0.25, 0.3) is 0 Å². The second kappa shape index (κ2) is 5.30. The summed E-state index contributed by atoms with van der Waals surface area (Å²) in [7, 11) is 0. The maximum atomic E-state index is 11.8. The number of hydrogen-bond acceptors (Lipinski definition) is 3. The van der Waals surface area contributed by atoms with Gasteiger partial charge in [-0.2, -0.15) is 0 Å². The number of nitrogens with zero attached hydrogens (tertiary/aromatic N) is 1. The number of carbonyl (C=O) groups is 2. The van der Waals surface area contributed by atoms with Crippen LogP contribution >= 0.6 is 0 Å². The molecule has 1 heterocycles. The molecule has 0 radical (unpaired) electrons. The van der Waals surface area contributed by atoms with Gasteiger partial charge in [0.15, 0.2) is 0 Å². The van der Waals surface area contributed by atoms with Crippen LogP contribution in [0.1, 0.15) is 17.5 Å². The minimum absolute atomic E-state index is 0.00862. The van der Waals surface area contributed by atoms with Crippen molar-refractivity contribution in [2.45, 2.75) is 20.3 Å². The van der Waals surface area contributed by atoms with Crippen LogP contribution in [-0.4, -0.2) is 30.3 Å². The number of carboxylic acid groups (broad SMARTS) is 1. The molecule has 1 fully saturated rings. The normalized spacial score (nSPS) is 19.2. The number of ether oxygens (including phenoxy) is 1. The molecule has 0 aromatic heterocycles. The largest absolute Gasteiger partial charge is 0.481 e. The molecule has 102 valence electrons. The summed E-state index contributed by atoms with van der Waals surface area (Å²) in [6.07, 6.45) is -0.400. The molecular formula is C14H17NO4. The zero-order chi connectivity index (χ0) is 14.0. The number of carbonyl (C=O) groups excluding carboxylic acids is 1. The Bertz CT molecular complexity index is 512. The van der Waals surface area contributed by atoms with Crippen molar-refractivity contribution in [3.05, 3.63) is 29.3 Å². The van der Waals surface area contributed by atoms with Crippen LogP contribution in [0, 0.1) is 19.8 Å². The summed E-state index contributed by atoms with van der Waals surface area (Å²) in [5, 5.41) is 8.82. The molecule has 2 rings (SSSR count). The average Bonchev–Trinajstić information content (AvgIpc) is 2.31. The molecule has 1 aliphatic heterocycles. The molecule has 0 aliphatic carbocycles. The summed E-state index contributed by atoms with van der Waals surface area (Å²) in [6.45, 7) is 4.47. The molecule has 1 unspecified atom stereocenters. The maximum Gasteiger partial charge on any atom is 0.414 e. The number of aryl methyl sites for hydroxylation is 2. The number of amides is 1. The van der Waals surface area contributed by atoms with Gasteiger partial charge in [0.2, 0.25) is 0 Å². The first-order chi connectivity index (χ1) is 8.97. The lowest BCUT2D eigenvalue weighted by Crippen LogP contribution is -2.44. The summed E-state index contributed by atoms with van der Waals surface area (Å²) >= 11 is 0. The van der Waals surface area contributed by atoms with E-state index < -0.39 is 12.1 Å². The molecule has 1 atom stereocenters. The van der Waals surface area contributed by atoms with Gasteiger partial charge in [-0.1, -0.05) is 17.7 Å². The maximum absolute atomic E-state index is 11.8. The topological polar surface area (TPSA) is 66.8 Å². The highest BCUT2D eigenvalue weighted by Gasteiger charge is 2.30. The van der Waals surface area contributed by atoms with E-state index in [1.807, 2.05) is 32.0 Å². The van der Waals surface area contributed by atoms with Crippen LogP contribution in [-0.2, 0) is 9.53 Å². The third-order valence-electron chi connectivity index (χ3n) is 3.21. The first-order valence-corrected chi connectivity index (χ1v) is 6.20. The van der Waals surface area contributed by atoms with Gasteiger partial charge in [0, 0.05) is 18.2 Å². The molecule has 0 saturated carbocycles. The number of hydrogen-bond donors (Lipinski definition) is 1. The molecule has 1 aromatic rings. The molecule has 0 spiro atoms. The molecule has 0 bridgehead atoms. The molecule has 19 heavy (non-hydrogen) atoms. The number of benzene rings is 1. The van der Waals surface area contributed by atoms with Gasteiger partial charge in [-0.25, -0.2) is 4.79 Å².